The van der Waals surface area contributed by atoms with Crippen molar-refractivity contribution in [3.63, 3.8) is 0 Å². The lowest BCUT2D eigenvalue weighted by Crippen LogP contribution is -2.51. The molecule has 0 radical (unpaired) electrons. The van der Waals surface area contributed by atoms with E-state index in [0.29, 0.717) is 6.61 Å². The van der Waals surface area contributed by atoms with E-state index < -0.39 is 11.5 Å². The molecular formula is C16H24O5. The molecule has 0 aromatic carbocycles. The van der Waals surface area contributed by atoms with Crippen LogP contribution in [0.1, 0.15) is 34.6 Å². The minimum absolute atomic E-state index is 0.0367. The Kier molecular flexibility index (Phi) is 3.32. The van der Waals surface area contributed by atoms with Crippen LogP contribution < -0.4 is 0 Å². The van der Waals surface area contributed by atoms with E-state index >= 15 is 0 Å². The molecule has 3 heterocycles. The highest BCUT2D eigenvalue weighted by Gasteiger charge is 2.76. The Balaban J connectivity index is 1.88. The van der Waals surface area contributed by atoms with Gasteiger partial charge in [0, 0.05) is 5.92 Å². The lowest BCUT2D eigenvalue weighted by Gasteiger charge is -2.35. The molecule has 0 saturated carbocycles. The van der Waals surface area contributed by atoms with Gasteiger partial charge in [-0.15, -0.1) is 0 Å². The third kappa shape index (κ3) is 1.93. The van der Waals surface area contributed by atoms with E-state index in [1.807, 2.05) is 20.8 Å². The van der Waals surface area contributed by atoms with Gasteiger partial charge in [0.05, 0.1) is 18.6 Å². The van der Waals surface area contributed by atoms with Gasteiger partial charge in [0.15, 0.2) is 5.60 Å². The van der Waals surface area contributed by atoms with Gasteiger partial charge in [-0.1, -0.05) is 27.7 Å². The van der Waals surface area contributed by atoms with Crippen LogP contribution in [0.3, 0.4) is 0 Å². The highest BCUT2D eigenvalue weighted by atomic mass is 16.6. The van der Waals surface area contributed by atoms with Crippen LogP contribution in [-0.2, 0) is 23.8 Å². The fourth-order valence-corrected chi connectivity index (χ4v) is 4.23. The number of fused-ring (bicyclic) bond motifs is 1. The average molecular weight is 296 g/mol. The zero-order chi connectivity index (χ0) is 15.5. The third-order valence-electron chi connectivity index (χ3n) is 5.11. The van der Waals surface area contributed by atoms with Crippen molar-refractivity contribution in [3.05, 3.63) is 0 Å². The Hall–Kier alpha value is -1.10. The van der Waals surface area contributed by atoms with Gasteiger partial charge in [0.1, 0.15) is 12.0 Å². The topological polar surface area (TPSA) is 61.8 Å². The van der Waals surface area contributed by atoms with Crippen molar-refractivity contribution in [1.82, 2.24) is 0 Å². The van der Waals surface area contributed by atoms with Crippen molar-refractivity contribution in [2.24, 2.45) is 29.6 Å². The molecule has 3 fully saturated rings. The van der Waals surface area contributed by atoms with E-state index in [4.69, 9.17) is 14.2 Å². The molecule has 118 valence electrons. The van der Waals surface area contributed by atoms with Crippen LogP contribution in [0.4, 0.5) is 0 Å². The summed E-state index contributed by atoms with van der Waals surface area (Å²) in [5.74, 6) is -0.665. The number of carbonyl (C=O) groups is 2. The zero-order valence-corrected chi connectivity index (χ0v) is 13.3. The fraction of sp³-hybridized carbons (Fsp3) is 0.875. The van der Waals surface area contributed by atoms with Gasteiger partial charge in [-0.2, -0.15) is 0 Å². The van der Waals surface area contributed by atoms with Crippen LogP contribution in [0.2, 0.25) is 0 Å². The molecule has 6 atom stereocenters. The molecule has 0 amide bonds. The molecule has 2 bridgehead atoms. The number of hydrogen-bond donors (Lipinski definition) is 0. The van der Waals surface area contributed by atoms with Gasteiger partial charge in [0.25, 0.3) is 0 Å². The predicted molar refractivity (Wildman–Crippen MR) is 74.3 cm³/mol. The largest absolute Gasteiger partial charge is 0.465 e. The second-order valence-electron chi connectivity index (χ2n) is 7.47. The van der Waals surface area contributed by atoms with Gasteiger partial charge < -0.3 is 14.2 Å². The molecule has 0 spiro atoms. The maximum absolute atomic E-state index is 12.5. The first-order valence-corrected chi connectivity index (χ1v) is 7.82. The lowest BCUT2D eigenvalue weighted by molar-refractivity contribution is -0.164. The van der Waals surface area contributed by atoms with Crippen LogP contribution in [0.25, 0.3) is 0 Å². The molecule has 21 heavy (non-hydrogen) atoms. The number of carbonyl (C=O) groups excluding carboxylic acids is 2. The highest BCUT2D eigenvalue weighted by Crippen LogP contribution is 2.60. The van der Waals surface area contributed by atoms with Crippen molar-refractivity contribution in [3.8, 4) is 0 Å². The molecule has 5 heteroatoms. The summed E-state index contributed by atoms with van der Waals surface area (Å²) in [6.07, 6.45) is -0.574. The van der Waals surface area contributed by atoms with Crippen molar-refractivity contribution in [1.29, 1.82) is 0 Å². The average Bonchev–Trinajstić information content (AvgIpc) is 2.92. The number of hydrogen-bond acceptors (Lipinski definition) is 5. The first kappa shape index (κ1) is 14.8. The van der Waals surface area contributed by atoms with Gasteiger partial charge in [-0.05, 0) is 18.8 Å². The van der Waals surface area contributed by atoms with Crippen molar-refractivity contribution in [2.45, 2.75) is 52.4 Å². The maximum atomic E-state index is 12.5. The maximum Gasteiger partial charge on any atom is 0.315 e. The summed E-state index contributed by atoms with van der Waals surface area (Å²) in [4.78, 5) is 24.7. The van der Waals surface area contributed by atoms with Crippen molar-refractivity contribution >= 4 is 11.9 Å². The summed E-state index contributed by atoms with van der Waals surface area (Å²) in [7, 11) is 0. The quantitative estimate of drug-likeness (QED) is 0.740. The molecule has 0 N–H and O–H groups in total. The summed E-state index contributed by atoms with van der Waals surface area (Å²) >= 11 is 0. The summed E-state index contributed by atoms with van der Waals surface area (Å²) in [6, 6.07) is 0. The first-order chi connectivity index (χ1) is 9.77. The Morgan fingerprint density at radius 3 is 2.57 bits per heavy atom. The molecule has 6 unspecified atom stereocenters. The van der Waals surface area contributed by atoms with Gasteiger partial charge in [0.2, 0.25) is 0 Å². The van der Waals surface area contributed by atoms with E-state index in [-0.39, 0.29) is 47.8 Å². The molecule has 0 aromatic heterocycles. The highest BCUT2D eigenvalue weighted by molar-refractivity contribution is 5.84. The van der Waals surface area contributed by atoms with E-state index in [0.717, 1.165) is 0 Å². The SMILES string of the molecule is CC(C)COC(=O)C1C2OC3C(C(=O)OC31C)C2C(C)C. The first-order valence-electron chi connectivity index (χ1n) is 7.82. The van der Waals surface area contributed by atoms with E-state index in [1.165, 1.54) is 0 Å². The minimum Gasteiger partial charge on any atom is -0.465 e. The summed E-state index contributed by atoms with van der Waals surface area (Å²) in [5.41, 5.74) is -0.855. The molecule has 3 saturated heterocycles. The summed E-state index contributed by atoms with van der Waals surface area (Å²) in [5, 5.41) is 0. The van der Waals surface area contributed by atoms with E-state index in [2.05, 4.69) is 13.8 Å². The molecule has 0 aliphatic carbocycles. The Bertz CT molecular complexity index is 471. The number of esters is 2. The van der Waals surface area contributed by atoms with Gasteiger partial charge >= 0.3 is 11.9 Å². The summed E-state index contributed by atoms with van der Waals surface area (Å²) < 4.78 is 17.0. The Morgan fingerprint density at radius 2 is 2.00 bits per heavy atom. The smallest absolute Gasteiger partial charge is 0.315 e. The molecule has 3 rings (SSSR count). The lowest BCUT2D eigenvalue weighted by atomic mass is 9.65. The van der Waals surface area contributed by atoms with Crippen LogP contribution in [0.15, 0.2) is 0 Å². The molecule has 0 aromatic rings. The van der Waals surface area contributed by atoms with Crippen molar-refractivity contribution < 1.29 is 23.8 Å². The summed E-state index contributed by atoms with van der Waals surface area (Å²) in [6.45, 7) is 10.3. The van der Waals surface area contributed by atoms with E-state index in [1.54, 1.807) is 0 Å². The van der Waals surface area contributed by atoms with Gasteiger partial charge in [-0.3, -0.25) is 9.59 Å². The monoisotopic (exact) mass is 296 g/mol. The number of ether oxygens (including phenoxy) is 3. The van der Waals surface area contributed by atoms with Gasteiger partial charge in [-0.25, -0.2) is 0 Å². The van der Waals surface area contributed by atoms with E-state index in [9.17, 15) is 9.59 Å². The number of rotatable bonds is 4. The second kappa shape index (κ2) is 4.70. The molecule has 3 aliphatic rings. The standard InChI is InChI=1S/C16H24O5/c1-7(2)6-19-15(18)11-12-9(8(3)4)10-13(20-12)16(11,5)21-14(10)17/h7-13H,6H2,1-5H3. The van der Waals surface area contributed by atoms with Crippen LogP contribution >= 0.6 is 0 Å². The second-order valence-corrected chi connectivity index (χ2v) is 7.47. The van der Waals surface area contributed by atoms with Crippen LogP contribution in [0, 0.1) is 29.6 Å². The van der Waals surface area contributed by atoms with Crippen LogP contribution in [0.5, 0.6) is 0 Å². The normalized spacial score (nSPS) is 43.8. The Labute approximate surface area is 125 Å². The fourth-order valence-electron chi connectivity index (χ4n) is 4.23. The molecule has 5 nitrogen and oxygen atoms in total. The third-order valence-corrected chi connectivity index (χ3v) is 5.11. The molecular weight excluding hydrogens is 272 g/mol. The predicted octanol–water partition coefficient (Wildman–Crippen LogP) is 1.79. The minimum atomic E-state index is -0.855. The van der Waals surface area contributed by atoms with Crippen LogP contribution in [-0.4, -0.2) is 36.4 Å². The molecule has 3 aliphatic heterocycles. The Morgan fingerprint density at radius 1 is 1.33 bits per heavy atom. The zero-order valence-electron chi connectivity index (χ0n) is 13.3. The van der Waals surface area contributed by atoms with Crippen molar-refractivity contribution in [2.75, 3.05) is 6.61 Å².